The molecule has 0 bridgehead atoms. The lowest BCUT2D eigenvalue weighted by Gasteiger charge is -2.20. The van der Waals surface area contributed by atoms with Crippen molar-refractivity contribution in [3.8, 4) is 0 Å². The van der Waals surface area contributed by atoms with Gasteiger partial charge in [0, 0.05) is 26.8 Å². The molecule has 3 nitrogen and oxygen atoms in total. The molecule has 1 aliphatic heterocycles. The van der Waals surface area contributed by atoms with Crippen molar-refractivity contribution in [3.05, 3.63) is 102 Å². The molecule has 0 radical (unpaired) electrons. The van der Waals surface area contributed by atoms with Gasteiger partial charge >= 0.3 is 0 Å². The topological polar surface area (TPSA) is 78.1 Å². The van der Waals surface area contributed by atoms with Crippen LogP contribution in [0, 0.1) is 0 Å². The first-order chi connectivity index (χ1) is 13.5. The number of anilines is 3. The van der Waals surface area contributed by atoms with Crippen LogP contribution in [0.4, 0.5) is 17.1 Å². The van der Waals surface area contributed by atoms with Gasteiger partial charge in [0.25, 0.3) is 0 Å². The van der Waals surface area contributed by atoms with Gasteiger partial charge in [-0.25, -0.2) is 0 Å². The van der Waals surface area contributed by atoms with E-state index in [-0.39, 0.29) is 0 Å². The van der Waals surface area contributed by atoms with E-state index >= 15 is 0 Å². The van der Waals surface area contributed by atoms with Crippen LogP contribution in [0.2, 0.25) is 0 Å². The number of nitrogens with two attached hydrogens (primary N) is 3. The minimum absolute atomic E-state index is 0.613. The van der Waals surface area contributed by atoms with Crippen molar-refractivity contribution in [3.63, 3.8) is 0 Å². The molecular weight excluding hydrogens is 386 g/mol. The quantitative estimate of drug-likeness (QED) is 0.396. The number of rotatable bonds is 3. The van der Waals surface area contributed by atoms with E-state index in [9.17, 15) is 0 Å². The minimum atomic E-state index is -0.613. The van der Waals surface area contributed by atoms with Crippen LogP contribution in [0.3, 0.4) is 0 Å². The molecule has 28 heavy (non-hydrogen) atoms. The molecule has 0 saturated carbocycles. The molecular formula is C23H20ClN3S. The van der Waals surface area contributed by atoms with Gasteiger partial charge in [-0.05, 0) is 81.5 Å². The molecule has 0 saturated heterocycles. The van der Waals surface area contributed by atoms with E-state index in [0.29, 0.717) is 0 Å². The van der Waals surface area contributed by atoms with E-state index in [4.69, 9.17) is 27.9 Å². The number of nitrogen functional groups attached to an aromatic ring is 3. The van der Waals surface area contributed by atoms with Gasteiger partial charge in [0.1, 0.15) is 0 Å². The normalized spacial score (nSPS) is 16.5. The third-order valence-electron chi connectivity index (χ3n) is 4.59. The molecule has 5 heteroatoms. The summed E-state index contributed by atoms with van der Waals surface area (Å²) in [6.07, 6.45) is 4.29. The summed E-state index contributed by atoms with van der Waals surface area (Å²) < 4.78 is 0. The summed E-state index contributed by atoms with van der Waals surface area (Å²) >= 11 is 0. The number of halogens is 1. The first-order valence-electron chi connectivity index (χ1n) is 8.80. The first-order valence-corrected chi connectivity index (χ1v) is 10.8. The highest BCUT2D eigenvalue weighted by molar-refractivity contribution is 8.42. The van der Waals surface area contributed by atoms with Gasteiger partial charge in [0.05, 0.1) is 0 Å². The van der Waals surface area contributed by atoms with Gasteiger partial charge in [-0.1, -0.05) is 46.1 Å². The highest BCUT2D eigenvalue weighted by Gasteiger charge is 2.18. The Morgan fingerprint density at radius 3 is 1.46 bits per heavy atom. The van der Waals surface area contributed by atoms with Crippen LogP contribution in [0.15, 0.2) is 84.9 Å². The summed E-state index contributed by atoms with van der Waals surface area (Å²) in [6, 6.07) is 23.5. The fourth-order valence-corrected chi connectivity index (χ4v) is 5.24. The van der Waals surface area contributed by atoms with Crippen LogP contribution in [0.25, 0.3) is 10.5 Å². The van der Waals surface area contributed by atoms with Gasteiger partial charge in [0.2, 0.25) is 0 Å². The van der Waals surface area contributed by atoms with Crippen LogP contribution in [-0.4, -0.2) is 4.86 Å². The molecule has 4 rings (SSSR count). The van der Waals surface area contributed by atoms with E-state index in [0.717, 1.165) is 49.1 Å². The fourth-order valence-electron chi connectivity index (χ4n) is 3.06. The smallest absolute Gasteiger partial charge is 0.0314 e. The van der Waals surface area contributed by atoms with Crippen LogP contribution in [0.1, 0.15) is 16.7 Å². The Morgan fingerprint density at radius 2 is 0.964 bits per heavy atom. The zero-order valence-electron chi connectivity index (χ0n) is 15.1. The Morgan fingerprint density at radius 1 is 0.536 bits per heavy atom. The molecule has 0 aliphatic carbocycles. The predicted octanol–water partition coefficient (Wildman–Crippen LogP) is 5.51. The SMILES string of the molecule is Nc1ccc(C2=CC(c3ccc(N)cc3)=S(Cl)C(c3ccc(N)cc3)=C2)cc1. The lowest BCUT2D eigenvalue weighted by molar-refractivity contribution is 1.60. The summed E-state index contributed by atoms with van der Waals surface area (Å²) in [7, 11) is 6.36. The van der Waals surface area contributed by atoms with E-state index in [2.05, 4.69) is 12.2 Å². The van der Waals surface area contributed by atoms with Crippen molar-refractivity contribution in [2.24, 2.45) is 0 Å². The summed E-state index contributed by atoms with van der Waals surface area (Å²) in [5.41, 5.74) is 24.1. The predicted molar refractivity (Wildman–Crippen MR) is 126 cm³/mol. The second kappa shape index (κ2) is 7.58. The zero-order chi connectivity index (χ0) is 19.7. The summed E-state index contributed by atoms with van der Waals surface area (Å²) in [5.74, 6) is 0. The van der Waals surface area contributed by atoms with Gasteiger partial charge in [0.15, 0.2) is 0 Å². The van der Waals surface area contributed by atoms with Crippen LogP contribution < -0.4 is 17.2 Å². The third kappa shape index (κ3) is 3.70. The fraction of sp³-hybridized carbons (Fsp3) is 0. The standard InChI is InChI=1S/C23H20ClN3S/c24-28-22(16-3-9-20(26)10-4-16)13-18(15-1-7-19(25)8-2-15)14-23(28)17-5-11-21(27)12-6-17/h1-14H,25-27H2. The average molecular weight is 406 g/mol. The molecule has 6 N–H and O–H groups in total. The Balaban J connectivity index is 1.90. The molecule has 1 aliphatic rings. The lowest BCUT2D eigenvalue weighted by atomic mass is 10.00. The first kappa shape index (κ1) is 18.4. The summed E-state index contributed by atoms with van der Waals surface area (Å²) in [5, 5.41) is 0. The third-order valence-corrected chi connectivity index (χ3v) is 7.07. The molecule has 0 fully saturated rings. The Kier molecular flexibility index (Phi) is 4.99. The molecule has 0 amide bonds. The Bertz CT molecular complexity index is 1110. The maximum atomic E-state index is 6.97. The minimum Gasteiger partial charge on any atom is -0.399 e. The van der Waals surface area contributed by atoms with E-state index < -0.39 is 9.70 Å². The van der Waals surface area contributed by atoms with Gasteiger partial charge < -0.3 is 17.2 Å². The van der Waals surface area contributed by atoms with Crippen LogP contribution in [-0.2, 0) is 0 Å². The number of hydrogen-bond donors (Lipinski definition) is 3. The molecule has 1 atom stereocenters. The molecule has 3 aromatic carbocycles. The second-order valence-electron chi connectivity index (χ2n) is 6.59. The van der Waals surface area contributed by atoms with E-state index in [1.165, 1.54) is 0 Å². The molecule has 3 aromatic rings. The molecule has 1 heterocycles. The van der Waals surface area contributed by atoms with Crippen molar-refractivity contribution in [1.82, 2.24) is 0 Å². The summed E-state index contributed by atoms with van der Waals surface area (Å²) in [6.45, 7) is 0. The van der Waals surface area contributed by atoms with Crippen molar-refractivity contribution in [2.75, 3.05) is 17.2 Å². The van der Waals surface area contributed by atoms with E-state index in [1.807, 2.05) is 72.8 Å². The monoisotopic (exact) mass is 405 g/mol. The maximum absolute atomic E-state index is 6.97. The highest BCUT2D eigenvalue weighted by atomic mass is 35.7. The Labute approximate surface area is 171 Å². The second-order valence-corrected chi connectivity index (χ2v) is 8.91. The largest absolute Gasteiger partial charge is 0.399 e. The van der Waals surface area contributed by atoms with Gasteiger partial charge in [-0.2, -0.15) is 0 Å². The lowest BCUT2D eigenvalue weighted by Crippen LogP contribution is -2.03. The van der Waals surface area contributed by atoms with Crippen molar-refractivity contribution >= 4 is 52.8 Å². The molecule has 0 spiro atoms. The van der Waals surface area contributed by atoms with Gasteiger partial charge in [-0.3, -0.25) is 0 Å². The van der Waals surface area contributed by atoms with Gasteiger partial charge in [-0.15, -0.1) is 0 Å². The van der Waals surface area contributed by atoms with Crippen molar-refractivity contribution < 1.29 is 0 Å². The molecule has 140 valence electrons. The number of allylic oxidation sites excluding steroid dienone is 3. The van der Waals surface area contributed by atoms with E-state index in [1.54, 1.807) is 0 Å². The van der Waals surface area contributed by atoms with Crippen molar-refractivity contribution in [2.45, 2.75) is 0 Å². The van der Waals surface area contributed by atoms with Crippen LogP contribution in [0.5, 0.6) is 0 Å². The Hall–Kier alpha value is -2.95. The average Bonchev–Trinajstić information content (AvgIpc) is 2.70. The molecule has 0 aromatic heterocycles. The van der Waals surface area contributed by atoms with Crippen LogP contribution >= 0.6 is 20.4 Å². The highest BCUT2D eigenvalue weighted by Crippen LogP contribution is 2.46. The summed E-state index contributed by atoms with van der Waals surface area (Å²) in [4.78, 5) is 2.12. The number of benzene rings is 3. The zero-order valence-corrected chi connectivity index (χ0v) is 16.7. The van der Waals surface area contributed by atoms with Crippen molar-refractivity contribution in [1.29, 1.82) is 0 Å². The number of hydrogen-bond acceptors (Lipinski definition) is 3. The molecule has 1 unspecified atom stereocenters. The maximum Gasteiger partial charge on any atom is 0.0314 e.